The second kappa shape index (κ2) is 5.02. The minimum absolute atomic E-state index is 0.444. The normalized spacial score (nSPS) is 37.5. The van der Waals surface area contributed by atoms with Gasteiger partial charge in [-0.3, -0.25) is 0 Å². The number of hydrogen-bond acceptors (Lipinski definition) is 0. The van der Waals surface area contributed by atoms with Crippen molar-refractivity contribution in [2.75, 3.05) is 0 Å². The Balaban J connectivity index is 1.64. The van der Waals surface area contributed by atoms with Crippen LogP contribution in [0.2, 0.25) is 0 Å². The molecular weight excluding hydrogens is 228 g/mol. The van der Waals surface area contributed by atoms with E-state index in [0.717, 1.165) is 17.8 Å². The Morgan fingerprint density at radius 3 is 2.53 bits per heavy atom. The summed E-state index contributed by atoms with van der Waals surface area (Å²) in [5, 5.41) is 0.444. The molecule has 2 saturated carbocycles. The molecule has 0 amide bonds. The molecule has 1 aromatic rings. The first-order chi connectivity index (χ1) is 8.34. The van der Waals surface area contributed by atoms with Crippen molar-refractivity contribution in [3.05, 3.63) is 35.9 Å². The smallest absolute Gasteiger partial charge is 0.0338 e. The van der Waals surface area contributed by atoms with Crippen molar-refractivity contribution in [3.8, 4) is 0 Å². The molecule has 2 fully saturated rings. The average molecular weight is 249 g/mol. The van der Waals surface area contributed by atoms with E-state index in [1.165, 1.54) is 38.5 Å². The van der Waals surface area contributed by atoms with Gasteiger partial charge < -0.3 is 0 Å². The maximum absolute atomic E-state index is 6.38. The van der Waals surface area contributed by atoms with Crippen LogP contribution in [0, 0.1) is 11.8 Å². The van der Waals surface area contributed by atoms with Crippen LogP contribution in [0.5, 0.6) is 0 Å². The van der Waals surface area contributed by atoms with Gasteiger partial charge in [0.1, 0.15) is 0 Å². The predicted molar refractivity (Wildman–Crippen MR) is 73.5 cm³/mol. The molecule has 0 nitrogen and oxygen atoms in total. The van der Waals surface area contributed by atoms with E-state index in [-0.39, 0.29) is 0 Å². The zero-order chi connectivity index (χ0) is 11.7. The standard InChI is InChI=1S/C16H21Cl/c17-14-9-5-4-8-13(10-14)16-11-15(16)12-6-2-1-3-7-12/h1-3,6-7,13-16H,4-5,8-11H2. The van der Waals surface area contributed by atoms with Crippen LogP contribution < -0.4 is 0 Å². The third-order valence-corrected chi connectivity index (χ3v) is 4.97. The molecule has 0 heterocycles. The number of benzene rings is 1. The Morgan fingerprint density at radius 1 is 0.941 bits per heavy atom. The van der Waals surface area contributed by atoms with Crippen LogP contribution in [0.15, 0.2) is 30.3 Å². The molecule has 0 saturated heterocycles. The van der Waals surface area contributed by atoms with E-state index in [0.29, 0.717) is 5.38 Å². The van der Waals surface area contributed by atoms with Crippen LogP contribution >= 0.6 is 11.6 Å². The van der Waals surface area contributed by atoms with Gasteiger partial charge in [0.05, 0.1) is 0 Å². The number of halogens is 1. The van der Waals surface area contributed by atoms with E-state index in [4.69, 9.17) is 11.6 Å². The molecule has 0 spiro atoms. The summed E-state index contributed by atoms with van der Waals surface area (Å²) >= 11 is 6.38. The van der Waals surface area contributed by atoms with Crippen LogP contribution in [0.3, 0.4) is 0 Å². The number of hydrogen-bond donors (Lipinski definition) is 0. The van der Waals surface area contributed by atoms with Gasteiger partial charge >= 0.3 is 0 Å². The molecule has 0 aliphatic heterocycles. The van der Waals surface area contributed by atoms with Gasteiger partial charge in [0.2, 0.25) is 0 Å². The van der Waals surface area contributed by atoms with Crippen molar-refractivity contribution >= 4 is 11.6 Å². The summed E-state index contributed by atoms with van der Waals surface area (Å²) in [7, 11) is 0. The first kappa shape index (κ1) is 11.6. The van der Waals surface area contributed by atoms with Crippen molar-refractivity contribution < 1.29 is 0 Å². The van der Waals surface area contributed by atoms with Crippen LogP contribution in [0.25, 0.3) is 0 Å². The lowest BCUT2D eigenvalue weighted by atomic mass is 9.92. The van der Waals surface area contributed by atoms with E-state index >= 15 is 0 Å². The van der Waals surface area contributed by atoms with Crippen LogP contribution in [0.1, 0.15) is 50.0 Å². The Labute approximate surface area is 109 Å². The third-order valence-electron chi connectivity index (χ3n) is 4.57. The van der Waals surface area contributed by atoms with Crippen LogP contribution in [-0.2, 0) is 0 Å². The number of alkyl halides is 1. The van der Waals surface area contributed by atoms with Gasteiger partial charge in [-0.25, -0.2) is 0 Å². The van der Waals surface area contributed by atoms with E-state index in [9.17, 15) is 0 Å². The van der Waals surface area contributed by atoms with Gasteiger partial charge in [-0.05, 0) is 42.6 Å². The van der Waals surface area contributed by atoms with Crippen molar-refractivity contribution in [1.29, 1.82) is 0 Å². The van der Waals surface area contributed by atoms with Crippen molar-refractivity contribution in [2.45, 2.75) is 49.8 Å². The maximum Gasteiger partial charge on any atom is 0.0338 e. The van der Waals surface area contributed by atoms with Gasteiger partial charge in [0.15, 0.2) is 0 Å². The summed E-state index contributed by atoms with van der Waals surface area (Å²) in [6, 6.07) is 11.0. The second-order valence-corrected chi connectivity index (χ2v) is 6.41. The van der Waals surface area contributed by atoms with E-state index in [2.05, 4.69) is 30.3 Å². The SMILES string of the molecule is ClC1CCCCC(C2CC2c2ccccc2)C1. The first-order valence-corrected chi connectivity index (χ1v) is 7.47. The molecule has 4 atom stereocenters. The van der Waals surface area contributed by atoms with E-state index in [1.54, 1.807) is 5.56 Å². The molecule has 1 aromatic carbocycles. The van der Waals surface area contributed by atoms with Crippen LogP contribution in [-0.4, -0.2) is 5.38 Å². The van der Waals surface area contributed by atoms with Crippen molar-refractivity contribution in [2.24, 2.45) is 11.8 Å². The summed E-state index contributed by atoms with van der Waals surface area (Å²) in [5.41, 5.74) is 1.55. The molecule has 4 unspecified atom stereocenters. The topological polar surface area (TPSA) is 0 Å². The van der Waals surface area contributed by atoms with Gasteiger partial charge in [-0.1, -0.05) is 49.6 Å². The molecule has 17 heavy (non-hydrogen) atoms. The molecule has 92 valence electrons. The maximum atomic E-state index is 6.38. The highest BCUT2D eigenvalue weighted by Crippen LogP contribution is 2.55. The molecular formula is C16H21Cl. The molecule has 0 N–H and O–H groups in total. The first-order valence-electron chi connectivity index (χ1n) is 7.03. The molecule has 2 aliphatic rings. The zero-order valence-electron chi connectivity index (χ0n) is 10.3. The minimum atomic E-state index is 0.444. The van der Waals surface area contributed by atoms with Gasteiger partial charge in [0.25, 0.3) is 0 Å². The molecule has 1 heteroatoms. The largest absolute Gasteiger partial charge is 0.123 e. The summed E-state index contributed by atoms with van der Waals surface area (Å²) in [5.74, 6) is 2.66. The lowest BCUT2D eigenvalue weighted by molar-refractivity contribution is 0.401. The van der Waals surface area contributed by atoms with Crippen molar-refractivity contribution in [3.63, 3.8) is 0 Å². The van der Waals surface area contributed by atoms with Gasteiger partial charge in [-0.2, -0.15) is 0 Å². The fraction of sp³-hybridized carbons (Fsp3) is 0.625. The van der Waals surface area contributed by atoms with E-state index in [1.807, 2.05) is 0 Å². The number of rotatable bonds is 2. The van der Waals surface area contributed by atoms with Gasteiger partial charge in [-0.15, -0.1) is 11.6 Å². The fourth-order valence-corrected chi connectivity index (χ4v) is 3.93. The minimum Gasteiger partial charge on any atom is -0.123 e. The monoisotopic (exact) mass is 248 g/mol. The molecule has 2 aliphatic carbocycles. The highest BCUT2D eigenvalue weighted by atomic mass is 35.5. The summed E-state index contributed by atoms with van der Waals surface area (Å²) in [4.78, 5) is 0. The Hall–Kier alpha value is -0.490. The van der Waals surface area contributed by atoms with E-state index < -0.39 is 0 Å². The fourth-order valence-electron chi connectivity index (χ4n) is 3.54. The molecule has 0 aromatic heterocycles. The predicted octanol–water partition coefficient (Wildman–Crippen LogP) is 4.98. The summed E-state index contributed by atoms with van der Waals surface area (Å²) in [6.07, 6.45) is 8.05. The Bertz CT molecular complexity index is 359. The molecule has 0 radical (unpaired) electrons. The van der Waals surface area contributed by atoms with Gasteiger partial charge in [0, 0.05) is 5.38 Å². The Kier molecular flexibility index (Phi) is 3.42. The second-order valence-electron chi connectivity index (χ2n) is 5.79. The highest BCUT2D eigenvalue weighted by Gasteiger charge is 2.43. The summed E-state index contributed by atoms with van der Waals surface area (Å²) in [6.45, 7) is 0. The molecule has 3 rings (SSSR count). The highest BCUT2D eigenvalue weighted by molar-refractivity contribution is 6.20. The average Bonchev–Trinajstić information content (AvgIpc) is 3.14. The summed E-state index contributed by atoms with van der Waals surface area (Å²) < 4.78 is 0. The van der Waals surface area contributed by atoms with Crippen LogP contribution in [0.4, 0.5) is 0 Å². The third kappa shape index (κ3) is 2.68. The zero-order valence-corrected chi connectivity index (χ0v) is 11.1. The van der Waals surface area contributed by atoms with Crippen molar-refractivity contribution in [1.82, 2.24) is 0 Å². The Morgan fingerprint density at radius 2 is 1.71 bits per heavy atom. The lowest BCUT2D eigenvalue weighted by Crippen LogP contribution is -2.08. The quantitative estimate of drug-likeness (QED) is 0.512. The molecule has 0 bridgehead atoms. The lowest BCUT2D eigenvalue weighted by Gasteiger charge is -2.16.